The second-order valence-corrected chi connectivity index (χ2v) is 5.25. The Kier molecular flexibility index (Phi) is 5.59. The van der Waals surface area contributed by atoms with Crippen LogP contribution in [0.15, 0.2) is 48.1 Å². The third-order valence-electron chi connectivity index (χ3n) is 3.71. The number of urea groups is 1. The number of esters is 1. The van der Waals surface area contributed by atoms with E-state index in [1.807, 2.05) is 0 Å². The Morgan fingerprint density at radius 2 is 1.96 bits per heavy atom. The van der Waals surface area contributed by atoms with E-state index in [0.29, 0.717) is 16.9 Å². The van der Waals surface area contributed by atoms with Crippen molar-refractivity contribution in [3.05, 3.63) is 59.2 Å². The van der Waals surface area contributed by atoms with Gasteiger partial charge in [0, 0.05) is 25.9 Å². The molecule has 0 atom stereocenters. The van der Waals surface area contributed by atoms with Gasteiger partial charge in [-0.1, -0.05) is 18.2 Å². The highest BCUT2D eigenvalue weighted by molar-refractivity contribution is 5.95. The average molecular weight is 346 g/mol. The first-order chi connectivity index (χ1) is 11.9. The summed E-state index contributed by atoms with van der Waals surface area (Å²) in [6.07, 6.45) is 5.71. The van der Waals surface area contributed by atoms with Crippen molar-refractivity contribution in [3.63, 3.8) is 0 Å². The molecule has 0 bridgehead atoms. The van der Waals surface area contributed by atoms with Crippen molar-refractivity contribution in [2.45, 2.75) is 0 Å². The Balaban J connectivity index is 2.41. The van der Waals surface area contributed by atoms with Gasteiger partial charge in [0.05, 0.1) is 25.5 Å². The third-order valence-corrected chi connectivity index (χ3v) is 3.71. The van der Waals surface area contributed by atoms with Gasteiger partial charge in [-0.25, -0.2) is 14.0 Å². The van der Waals surface area contributed by atoms with E-state index in [0.717, 1.165) is 11.1 Å². The molecular weight excluding hydrogens is 327 g/mol. The molecule has 1 aromatic carbocycles. The number of hydrogen-bond donors (Lipinski definition) is 0. The number of halogens is 1. The summed E-state index contributed by atoms with van der Waals surface area (Å²) in [6, 6.07) is 4.62. The van der Waals surface area contributed by atoms with Crippen LogP contribution < -0.4 is 4.74 Å². The third kappa shape index (κ3) is 3.71. The Bertz CT molecular complexity index is 783. The second-order valence-electron chi connectivity index (χ2n) is 5.25. The number of amides is 2. The Hall–Kier alpha value is -3.09. The van der Waals surface area contributed by atoms with Crippen molar-refractivity contribution in [1.82, 2.24) is 9.80 Å². The first-order valence-corrected chi connectivity index (χ1v) is 7.42. The molecular formula is C18H19FN2O4. The molecule has 0 aromatic heterocycles. The second kappa shape index (κ2) is 7.65. The van der Waals surface area contributed by atoms with Gasteiger partial charge >= 0.3 is 12.0 Å². The Labute approximate surface area is 145 Å². The topological polar surface area (TPSA) is 59.1 Å². The van der Waals surface area contributed by atoms with E-state index in [4.69, 9.17) is 9.47 Å². The SMILES string of the molecule is COC(=O)c1cccc(OC)c1/C=C/C=C1/C(F)=CN(C)C(=O)N1C. The van der Waals surface area contributed by atoms with Crippen molar-refractivity contribution >= 4 is 18.1 Å². The summed E-state index contributed by atoms with van der Waals surface area (Å²) in [5.41, 5.74) is 0.939. The van der Waals surface area contributed by atoms with Gasteiger partial charge in [0.1, 0.15) is 5.75 Å². The van der Waals surface area contributed by atoms with Crippen LogP contribution in [0.4, 0.5) is 9.18 Å². The number of benzene rings is 1. The lowest BCUT2D eigenvalue weighted by Gasteiger charge is -2.28. The fraction of sp³-hybridized carbons (Fsp3) is 0.222. The standard InChI is InChI=1S/C18H19FN2O4/c1-20-11-14(19)15(21(2)18(20)23)9-5-7-12-13(17(22)25-4)8-6-10-16(12)24-3/h5-11H,1-4H3/b7-5+,15-9-. The van der Waals surface area contributed by atoms with Crippen molar-refractivity contribution in [2.75, 3.05) is 28.3 Å². The monoisotopic (exact) mass is 346 g/mol. The summed E-state index contributed by atoms with van der Waals surface area (Å²) in [6.45, 7) is 0. The Morgan fingerprint density at radius 3 is 2.60 bits per heavy atom. The number of nitrogens with zero attached hydrogens (tertiary/aromatic N) is 2. The summed E-state index contributed by atoms with van der Waals surface area (Å²) in [5.74, 6) is -0.576. The summed E-state index contributed by atoms with van der Waals surface area (Å²) < 4.78 is 24.1. The molecule has 25 heavy (non-hydrogen) atoms. The van der Waals surface area contributed by atoms with Crippen LogP contribution in [0.5, 0.6) is 5.75 Å². The van der Waals surface area contributed by atoms with E-state index in [2.05, 4.69) is 0 Å². The van der Waals surface area contributed by atoms with Crippen LogP contribution in [0.25, 0.3) is 6.08 Å². The minimum absolute atomic E-state index is 0.119. The fourth-order valence-electron chi connectivity index (χ4n) is 2.40. The first kappa shape index (κ1) is 18.3. The molecule has 1 heterocycles. The van der Waals surface area contributed by atoms with Gasteiger partial charge in [0.2, 0.25) is 0 Å². The smallest absolute Gasteiger partial charge is 0.338 e. The summed E-state index contributed by atoms with van der Waals surface area (Å²) in [7, 11) is 5.73. The predicted octanol–water partition coefficient (Wildman–Crippen LogP) is 3.19. The van der Waals surface area contributed by atoms with Gasteiger partial charge in [-0.2, -0.15) is 0 Å². The molecule has 2 rings (SSSR count). The van der Waals surface area contributed by atoms with Crippen LogP contribution >= 0.6 is 0 Å². The predicted molar refractivity (Wildman–Crippen MR) is 91.6 cm³/mol. The zero-order valence-corrected chi connectivity index (χ0v) is 14.4. The number of hydrogen-bond acceptors (Lipinski definition) is 4. The van der Waals surface area contributed by atoms with E-state index in [-0.39, 0.29) is 11.7 Å². The van der Waals surface area contributed by atoms with Crippen LogP contribution in [0, 0.1) is 0 Å². The zero-order valence-electron chi connectivity index (χ0n) is 14.4. The van der Waals surface area contributed by atoms with Gasteiger partial charge in [-0.3, -0.25) is 4.90 Å². The van der Waals surface area contributed by atoms with Crippen molar-refractivity contribution in [1.29, 1.82) is 0 Å². The normalized spacial score (nSPS) is 16.4. The highest BCUT2D eigenvalue weighted by Crippen LogP contribution is 2.26. The zero-order chi connectivity index (χ0) is 18.6. The molecule has 1 aliphatic heterocycles. The van der Waals surface area contributed by atoms with Crippen molar-refractivity contribution < 1.29 is 23.5 Å². The van der Waals surface area contributed by atoms with Gasteiger partial charge < -0.3 is 14.4 Å². The maximum Gasteiger partial charge on any atom is 0.338 e. The van der Waals surface area contributed by atoms with E-state index in [1.54, 1.807) is 30.4 Å². The summed E-state index contributed by atoms with van der Waals surface area (Å²) >= 11 is 0. The van der Waals surface area contributed by atoms with E-state index in [9.17, 15) is 14.0 Å². The number of likely N-dealkylation sites (N-methyl/N-ethyl adjacent to an activating group) is 1. The lowest BCUT2D eigenvalue weighted by atomic mass is 10.1. The fourth-order valence-corrected chi connectivity index (χ4v) is 2.40. The molecule has 0 radical (unpaired) electrons. The molecule has 0 spiro atoms. The highest BCUT2D eigenvalue weighted by atomic mass is 19.1. The molecule has 0 saturated heterocycles. The van der Waals surface area contributed by atoms with E-state index < -0.39 is 11.8 Å². The highest BCUT2D eigenvalue weighted by Gasteiger charge is 2.25. The number of methoxy groups -OCH3 is 2. The molecule has 1 aliphatic rings. The number of rotatable bonds is 4. The Morgan fingerprint density at radius 1 is 1.24 bits per heavy atom. The number of ether oxygens (including phenoxy) is 2. The maximum absolute atomic E-state index is 14.1. The molecule has 2 amide bonds. The molecule has 1 aromatic rings. The van der Waals surface area contributed by atoms with E-state index >= 15 is 0 Å². The van der Waals surface area contributed by atoms with E-state index in [1.165, 1.54) is 39.3 Å². The molecule has 6 nitrogen and oxygen atoms in total. The molecule has 132 valence electrons. The van der Waals surface area contributed by atoms with Gasteiger partial charge in [-0.05, 0) is 18.2 Å². The van der Waals surface area contributed by atoms with Gasteiger partial charge in [-0.15, -0.1) is 0 Å². The van der Waals surface area contributed by atoms with Gasteiger partial charge in [0.15, 0.2) is 5.83 Å². The van der Waals surface area contributed by atoms with Crippen molar-refractivity contribution in [2.24, 2.45) is 0 Å². The van der Waals surface area contributed by atoms with Crippen LogP contribution in [0.2, 0.25) is 0 Å². The largest absolute Gasteiger partial charge is 0.496 e. The number of carbonyl (C=O) groups excluding carboxylic acids is 2. The quantitative estimate of drug-likeness (QED) is 0.786. The van der Waals surface area contributed by atoms with Crippen LogP contribution in [0.3, 0.4) is 0 Å². The minimum atomic E-state index is -0.539. The average Bonchev–Trinajstić information content (AvgIpc) is 2.61. The molecule has 0 saturated carbocycles. The van der Waals surface area contributed by atoms with Crippen molar-refractivity contribution in [3.8, 4) is 5.75 Å². The van der Waals surface area contributed by atoms with Crippen LogP contribution in [0.1, 0.15) is 15.9 Å². The molecule has 0 N–H and O–H groups in total. The minimum Gasteiger partial charge on any atom is -0.496 e. The van der Waals surface area contributed by atoms with Gasteiger partial charge in [0.25, 0.3) is 0 Å². The number of carbonyl (C=O) groups is 2. The molecule has 7 heteroatoms. The summed E-state index contributed by atoms with van der Waals surface area (Å²) in [4.78, 5) is 26.1. The van der Waals surface area contributed by atoms with Crippen LogP contribution in [-0.4, -0.2) is 50.1 Å². The molecule has 0 unspecified atom stereocenters. The lowest BCUT2D eigenvalue weighted by Crippen LogP contribution is -2.39. The molecule has 0 aliphatic carbocycles. The lowest BCUT2D eigenvalue weighted by molar-refractivity contribution is 0.0600. The maximum atomic E-state index is 14.1. The first-order valence-electron chi connectivity index (χ1n) is 7.42. The number of allylic oxidation sites excluding steroid dienone is 3. The van der Waals surface area contributed by atoms with Crippen LogP contribution in [-0.2, 0) is 4.74 Å². The summed E-state index contributed by atoms with van der Waals surface area (Å²) in [5, 5.41) is 0. The molecule has 0 fully saturated rings.